The molecule has 96 valence electrons. The van der Waals surface area contributed by atoms with E-state index in [2.05, 4.69) is 56.5 Å². The van der Waals surface area contributed by atoms with Crippen LogP contribution in [0.5, 0.6) is 0 Å². The zero-order valence-corrected chi connectivity index (χ0v) is 11.6. The maximum absolute atomic E-state index is 9.31. The van der Waals surface area contributed by atoms with Crippen LogP contribution in [0.15, 0.2) is 30.3 Å². The fraction of sp³-hybridized carbons (Fsp3) is 0.375. The predicted molar refractivity (Wildman–Crippen MR) is 75.3 cm³/mol. The topological polar surface area (TPSA) is 25.2 Å². The van der Waals surface area contributed by atoms with Crippen molar-refractivity contribution in [2.45, 2.75) is 40.2 Å². The van der Waals surface area contributed by atoms with Crippen molar-refractivity contribution >= 4 is 0 Å². The normalized spacial score (nSPS) is 11.2. The van der Waals surface area contributed by atoms with Gasteiger partial charge in [-0.2, -0.15) is 0 Å². The Labute approximate surface area is 109 Å². The summed E-state index contributed by atoms with van der Waals surface area (Å²) in [7, 11) is 0. The maximum atomic E-state index is 9.31. The third-order valence-corrected chi connectivity index (χ3v) is 3.52. The number of benzene rings is 1. The largest absolute Gasteiger partial charge is 0.392 e. The minimum atomic E-state index is 0.101. The van der Waals surface area contributed by atoms with Gasteiger partial charge in [-0.1, -0.05) is 26.0 Å². The molecule has 2 heteroatoms. The van der Waals surface area contributed by atoms with E-state index in [9.17, 15) is 5.11 Å². The number of aliphatic hydroxyl groups excluding tert-OH is 1. The van der Waals surface area contributed by atoms with Crippen molar-refractivity contribution in [3.05, 3.63) is 52.8 Å². The van der Waals surface area contributed by atoms with Gasteiger partial charge in [0.2, 0.25) is 0 Å². The van der Waals surface area contributed by atoms with Gasteiger partial charge in [0, 0.05) is 17.1 Å². The summed E-state index contributed by atoms with van der Waals surface area (Å²) in [6.07, 6.45) is 0. The average molecular weight is 243 g/mol. The van der Waals surface area contributed by atoms with Crippen molar-refractivity contribution in [1.29, 1.82) is 0 Å². The molecule has 0 amide bonds. The van der Waals surface area contributed by atoms with E-state index in [4.69, 9.17) is 0 Å². The summed E-state index contributed by atoms with van der Waals surface area (Å²) < 4.78 is 2.19. The SMILES string of the molecule is Cc1cc(CO)c(C)n1-c1ccc(C(C)C)cc1. The number of aryl methyl sites for hydroxylation is 1. The van der Waals surface area contributed by atoms with Crippen molar-refractivity contribution < 1.29 is 5.11 Å². The average Bonchev–Trinajstić information content (AvgIpc) is 2.64. The Morgan fingerprint density at radius 3 is 2.17 bits per heavy atom. The highest BCUT2D eigenvalue weighted by atomic mass is 16.3. The van der Waals surface area contributed by atoms with Gasteiger partial charge in [0.15, 0.2) is 0 Å². The van der Waals surface area contributed by atoms with Crippen LogP contribution in [-0.4, -0.2) is 9.67 Å². The summed E-state index contributed by atoms with van der Waals surface area (Å²) in [5.41, 5.74) is 5.79. The van der Waals surface area contributed by atoms with E-state index in [1.54, 1.807) is 0 Å². The summed E-state index contributed by atoms with van der Waals surface area (Å²) in [4.78, 5) is 0. The Balaban J connectivity index is 2.45. The van der Waals surface area contributed by atoms with Gasteiger partial charge < -0.3 is 9.67 Å². The second-order valence-corrected chi connectivity index (χ2v) is 5.14. The summed E-state index contributed by atoms with van der Waals surface area (Å²) in [5.74, 6) is 0.555. The third-order valence-electron chi connectivity index (χ3n) is 3.52. The summed E-state index contributed by atoms with van der Waals surface area (Å²) in [5, 5.41) is 9.31. The second kappa shape index (κ2) is 4.99. The van der Waals surface area contributed by atoms with Gasteiger partial charge in [0.1, 0.15) is 0 Å². The number of rotatable bonds is 3. The van der Waals surface area contributed by atoms with Gasteiger partial charge in [-0.05, 0) is 49.1 Å². The summed E-state index contributed by atoms with van der Waals surface area (Å²) >= 11 is 0. The minimum absolute atomic E-state index is 0.101. The second-order valence-electron chi connectivity index (χ2n) is 5.14. The van der Waals surface area contributed by atoms with E-state index in [1.807, 2.05) is 6.07 Å². The highest BCUT2D eigenvalue weighted by molar-refractivity contribution is 5.42. The van der Waals surface area contributed by atoms with Crippen LogP contribution in [0, 0.1) is 13.8 Å². The highest BCUT2D eigenvalue weighted by Crippen LogP contribution is 2.22. The number of nitrogens with zero attached hydrogens (tertiary/aromatic N) is 1. The van der Waals surface area contributed by atoms with E-state index < -0.39 is 0 Å². The van der Waals surface area contributed by atoms with Crippen molar-refractivity contribution in [2.75, 3.05) is 0 Å². The Morgan fingerprint density at radius 2 is 1.72 bits per heavy atom. The van der Waals surface area contributed by atoms with Crippen LogP contribution in [-0.2, 0) is 6.61 Å². The molecule has 0 fully saturated rings. The molecular formula is C16H21NO. The molecule has 0 aliphatic heterocycles. The van der Waals surface area contributed by atoms with Crippen molar-refractivity contribution in [3.8, 4) is 5.69 Å². The lowest BCUT2D eigenvalue weighted by Gasteiger charge is -2.12. The number of hydrogen-bond acceptors (Lipinski definition) is 1. The van der Waals surface area contributed by atoms with Gasteiger partial charge in [0.25, 0.3) is 0 Å². The Hall–Kier alpha value is -1.54. The van der Waals surface area contributed by atoms with Crippen LogP contribution >= 0.6 is 0 Å². The lowest BCUT2D eigenvalue weighted by atomic mass is 10.0. The Kier molecular flexibility index (Phi) is 3.58. The zero-order valence-electron chi connectivity index (χ0n) is 11.6. The Bertz CT molecular complexity index is 535. The van der Waals surface area contributed by atoms with Crippen LogP contribution in [0.2, 0.25) is 0 Å². The van der Waals surface area contributed by atoms with Gasteiger partial charge in [-0.25, -0.2) is 0 Å². The molecule has 1 heterocycles. The summed E-state index contributed by atoms with van der Waals surface area (Å²) in [6.45, 7) is 8.62. The molecule has 0 bridgehead atoms. The van der Waals surface area contributed by atoms with Crippen molar-refractivity contribution in [3.63, 3.8) is 0 Å². The molecule has 0 aliphatic rings. The van der Waals surface area contributed by atoms with Crippen LogP contribution in [0.4, 0.5) is 0 Å². The van der Waals surface area contributed by atoms with Gasteiger partial charge in [-0.15, -0.1) is 0 Å². The molecule has 0 saturated heterocycles. The number of aliphatic hydroxyl groups is 1. The van der Waals surface area contributed by atoms with E-state index in [1.165, 1.54) is 5.56 Å². The van der Waals surface area contributed by atoms with Crippen molar-refractivity contribution in [2.24, 2.45) is 0 Å². The fourth-order valence-electron chi connectivity index (χ4n) is 2.39. The molecule has 18 heavy (non-hydrogen) atoms. The summed E-state index contributed by atoms with van der Waals surface area (Å²) in [6, 6.07) is 10.7. The van der Waals surface area contributed by atoms with E-state index >= 15 is 0 Å². The first kappa shape index (κ1) is 12.9. The first-order valence-corrected chi connectivity index (χ1v) is 6.43. The third kappa shape index (κ3) is 2.21. The molecule has 1 N–H and O–H groups in total. The first-order valence-electron chi connectivity index (χ1n) is 6.43. The van der Waals surface area contributed by atoms with Crippen LogP contribution in [0.1, 0.15) is 42.3 Å². The lowest BCUT2D eigenvalue weighted by Crippen LogP contribution is -2.00. The molecule has 0 aliphatic carbocycles. The smallest absolute Gasteiger partial charge is 0.0699 e. The maximum Gasteiger partial charge on any atom is 0.0699 e. The van der Waals surface area contributed by atoms with Crippen LogP contribution in [0.25, 0.3) is 5.69 Å². The monoisotopic (exact) mass is 243 g/mol. The molecule has 2 aromatic rings. The number of hydrogen-bond donors (Lipinski definition) is 1. The highest BCUT2D eigenvalue weighted by Gasteiger charge is 2.10. The lowest BCUT2D eigenvalue weighted by molar-refractivity contribution is 0.281. The van der Waals surface area contributed by atoms with E-state index in [0.717, 1.165) is 22.6 Å². The minimum Gasteiger partial charge on any atom is -0.392 e. The number of aromatic nitrogens is 1. The van der Waals surface area contributed by atoms with Crippen molar-refractivity contribution in [1.82, 2.24) is 4.57 Å². The first-order chi connectivity index (χ1) is 8.54. The molecule has 0 atom stereocenters. The van der Waals surface area contributed by atoms with Crippen LogP contribution < -0.4 is 0 Å². The Morgan fingerprint density at radius 1 is 1.11 bits per heavy atom. The molecule has 0 spiro atoms. The molecule has 2 rings (SSSR count). The van der Waals surface area contributed by atoms with E-state index in [0.29, 0.717) is 5.92 Å². The quantitative estimate of drug-likeness (QED) is 0.873. The van der Waals surface area contributed by atoms with Gasteiger partial charge in [0.05, 0.1) is 6.61 Å². The predicted octanol–water partition coefficient (Wildman–Crippen LogP) is 3.71. The molecule has 0 saturated carbocycles. The van der Waals surface area contributed by atoms with E-state index in [-0.39, 0.29) is 6.61 Å². The molecule has 2 nitrogen and oxygen atoms in total. The molecular weight excluding hydrogens is 222 g/mol. The van der Waals surface area contributed by atoms with Crippen LogP contribution in [0.3, 0.4) is 0 Å². The molecule has 0 unspecified atom stereocenters. The fourth-order valence-corrected chi connectivity index (χ4v) is 2.39. The molecule has 1 aromatic carbocycles. The molecule has 1 aromatic heterocycles. The zero-order chi connectivity index (χ0) is 13.3. The molecule has 0 radical (unpaired) electrons. The van der Waals surface area contributed by atoms with Gasteiger partial charge in [-0.3, -0.25) is 0 Å². The van der Waals surface area contributed by atoms with Gasteiger partial charge >= 0.3 is 0 Å². The standard InChI is InChI=1S/C16H21NO/c1-11(2)14-5-7-16(8-6-14)17-12(3)9-15(10-18)13(17)4/h5-9,11,18H,10H2,1-4H3.